The van der Waals surface area contributed by atoms with Crippen LogP contribution in [0.2, 0.25) is 0 Å². The maximum Gasteiger partial charge on any atom is 0 e. The van der Waals surface area contributed by atoms with Crippen molar-refractivity contribution in [1.29, 1.82) is 0 Å². The molecule has 0 aliphatic carbocycles. The fourth-order valence-corrected chi connectivity index (χ4v) is 0. The van der Waals surface area contributed by atoms with Crippen LogP contribution < -0.4 is 0 Å². The van der Waals surface area contributed by atoms with Gasteiger partial charge >= 0.3 is 26.0 Å². The second kappa shape index (κ2) is 26.8. The van der Waals surface area contributed by atoms with E-state index in [2.05, 4.69) is 0 Å². The van der Waals surface area contributed by atoms with Crippen molar-refractivity contribution in [2.75, 3.05) is 0 Å². The molecule has 0 aromatic rings. The second-order valence-corrected chi connectivity index (χ2v) is 0. The Morgan fingerprint density at radius 1 is 1.25 bits per heavy atom. The molecule has 0 unspecified atom stereocenters. The fraction of sp³-hybridized carbons (Fsp3) is 0. The molecular weight excluding hydrogens is 275 g/mol. The maximum absolute atomic E-state index is 8.30. The molecule has 4 heteroatoms. The molecule has 0 bridgehead atoms. The van der Waals surface area contributed by atoms with Crippen molar-refractivity contribution in [3.63, 3.8) is 0 Å². The van der Waals surface area contributed by atoms with Gasteiger partial charge in [-0.25, -0.2) is 0 Å². The van der Waals surface area contributed by atoms with Crippen molar-refractivity contribution < 1.29 is 7.72 Å². The molecule has 0 saturated heterocycles. The Kier molecular flexibility index (Phi) is 123. The number of halogens is 1. The third-order valence-corrected chi connectivity index (χ3v) is 0. The van der Waals surface area contributed by atoms with Crippen LogP contribution in [0.4, 0.5) is 4.70 Å². The Bertz CT molecular complexity index is 8.00. The molecule has 4 heavy (non-hydrogen) atoms. The molecule has 0 aliphatic rings. The third kappa shape index (κ3) is 10.2. The van der Waals surface area contributed by atoms with Gasteiger partial charge in [0.2, 0.25) is 0 Å². The smallest absolute Gasteiger partial charge is 0 e. The van der Waals surface area contributed by atoms with Crippen LogP contribution in [0, 0.1) is 0 Å². The van der Waals surface area contributed by atoms with Crippen LogP contribution in [0.25, 0.3) is 0 Å². The Morgan fingerprint density at radius 3 is 1.25 bits per heavy atom. The molecule has 0 aliphatic heterocycles. The van der Waals surface area contributed by atoms with E-state index in [1.165, 1.54) is 0 Å². The molecular formula is HFOSbSn. The summed E-state index contributed by atoms with van der Waals surface area (Å²) in [5, 5.41) is 0. The predicted octanol–water partition coefficient (Wildman–Crippen LogP) is -0.728. The summed E-state index contributed by atoms with van der Waals surface area (Å²) >= 11 is 0.500. The Labute approximate surface area is 54.4 Å². The molecule has 0 aromatic heterocycles. The van der Waals surface area contributed by atoms with Crippen molar-refractivity contribution in [2.45, 2.75) is 0 Å². The van der Waals surface area contributed by atoms with E-state index in [1.807, 2.05) is 0 Å². The molecule has 0 fully saturated rings. The third-order valence-electron chi connectivity index (χ3n) is 0. The topological polar surface area (TPSA) is 17.1 Å². The Hall–Kier alpha value is 1.35. The van der Waals surface area contributed by atoms with Gasteiger partial charge in [0.25, 0.3) is 0 Å². The molecule has 0 rings (SSSR count). The molecule has 0 amide bonds. The van der Waals surface area contributed by atoms with Crippen molar-refractivity contribution in [3.8, 4) is 0 Å². The summed E-state index contributed by atoms with van der Waals surface area (Å²) in [5.41, 5.74) is 0. The van der Waals surface area contributed by atoms with E-state index in [0.29, 0.717) is 23.0 Å². The molecule has 0 N–H and O–H groups in total. The van der Waals surface area contributed by atoms with E-state index in [1.54, 1.807) is 0 Å². The zero-order valence-corrected chi connectivity index (χ0v) is 7.17. The summed E-state index contributed by atoms with van der Waals surface area (Å²) < 4.78 is 8.30. The first-order chi connectivity index (χ1) is 1.00. The molecule has 0 saturated carbocycles. The molecule has 0 atom stereocenters. The van der Waals surface area contributed by atoms with Gasteiger partial charge in [0, 0.05) is 23.9 Å². The molecule has 23 valence electrons. The summed E-state index contributed by atoms with van der Waals surface area (Å²) in [6, 6.07) is 0. The monoisotopic (exact) mass is 277 g/mol. The number of rotatable bonds is 0. The van der Waals surface area contributed by atoms with Crippen molar-refractivity contribution in [3.05, 3.63) is 0 Å². The van der Waals surface area contributed by atoms with Gasteiger partial charge in [-0.1, -0.05) is 0 Å². The maximum atomic E-state index is 8.30. The Morgan fingerprint density at radius 2 is 1.25 bits per heavy atom. The molecule has 0 aromatic carbocycles. The van der Waals surface area contributed by atoms with Crippen LogP contribution in [0.15, 0.2) is 0 Å². The van der Waals surface area contributed by atoms with E-state index >= 15 is 0 Å². The first-order valence-corrected chi connectivity index (χ1v) is 1.22. The molecule has 1 nitrogen and oxygen atoms in total. The summed E-state index contributed by atoms with van der Waals surface area (Å²) in [6.45, 7) is 0. The van der Waals surface area contributed by atoms with Crippen LogP contribution >= 0.6 is 0 Å². The van der Waals surface area contributed by atoms with Gasteiger partial charge in [-0.2, -0.15) is 0 Å². The first-order valence-electron chi connectivity index (χ1n) is 0.183. The van der Waals surface area contributed by atoms with Gasteiger partial charge < -0.3 is 0 Å². The van der Waals surface area contributed by atoms with Crippen LogP contribution in [0.5, 0.6) is 0 Å². The quantitative estimate of drug-likeness (QED) is 0.533. The van der Waals surface area contributed by atoms with Gasteiger partial charge in [-0.3, -0.25) is 4.70 Å². The van der Waals surface area contributed by atoms with E-state index in [9.17, 15) is 0 Å². The van der Waals surface area contributed by atoms with Crippen molar-refractivity contribution in [2.24, 2.45) is 0 Å². The normalized spacial score (nSPS) is 1.00. The second-order valence-electron chi connectivity index (χ2n) is 0. The Balaban J connectivity index is -0.00000000500. The van der Waals surface area contributed by atoms with Crippen molar-refractivity contribution in [1.82, 2.24) is 0 Å². The van der Waals surface area contributed by atoms with Gasteiger partial charge in [-0.05, 0) is 0 Å². The van der Waals surface area contributed by atoms with E-state index < -0.39 is 0 Å². The van der Waals surface area contributed by atoms with Crippen LogP contribution in [-0.4, -0.2) is 46.9 Å². The van der Waals surface area contributed by atoms with E-state index in [4.69, 9.17) is 3.02 Å². The predicted molar refractivity (Wildman–Crippen MR) is 14.7 cm³/mol. The van der Waals surface area contributed by atoms with Crippen LogP contribution in [-0.2, 0) is 3.02 Å². The molecule has 0 spiro atoms. The number of hydrogen-bond acceptors (Lipinski definition) is 1. The summed E-state index contributed by atoms with van der Waals surface area (Å²) in [4.78, 5) is 0. The minimum Gasteiger partial charge on any atom is 0 e. The standard InChI is InChI=1S/FH.O.Sb.Sn/h1H;;;. The van der Waals surface area contributed by atoms with Crippen LogP contribution in [0.1, 0.15) is 0 Å². The van der Waals surface area contributed by atoms with Gasteiger partial charge in [-0.15, -0.1) is 0 Å². The van der Waals surface area contributed by atoms with E-state index in [-0.39, 0.29) is 28.6 Å². The van der Waals surface area contributed by atoms with Crippen LogP contribution in [0.3, 0.4) is 0 Å². The van der Waals surface area contributed by atoms with Gasteiger partial charge in [0.05, 0.1) is 0 Å². The molecule has 0 heterocycles. The largest absolute Gasteiger partial charge is 0 e. The SMILES string of the molecule is F.[O]=[Sb].[Sn]. The zero-order valence-electron chi connectivity index (χ0n) is 1.76. The van der Waals surface area contributed by atoms with Gasteiger partial charge in [0.15, 0.2) is 0 Å². The van der Waals surface area contributed by atoms with Crippen molar-refractivity contribution >= 4 is 46.9 Å². The zero-order chi connectivity index (χ0) is 2.00. The summed E-state index contributed by atoms with van der Waals surface area (Å²) in [6.07, 6.45) is 0. The van der Waals surface area contributed by atoms with Gasteiger partial charge in [0.1, 0.15) is 0 Å². The fourth-order valence-electron chi connectivity index (χ4n) is 0. The summed E-state index contributed by atoms with van der Waals surface area (Å²) in [7, 11) is 0. The average Bonchev–Trinajstić information content (AvgIpc) is 1.00. The minimum atomic E-state index is 0. The first kappa shape index (κ1) is 18.3. The summed E-state index contributed by atoms with van der Waals surface area (Å²) in [5.74, 6) is 0. The minimum absolute atomic E-state index is 0. The average molecular weight is 276 g/mol. The molecule has 5 radical (unpaired) electrons. The number of hydrogen-bond donors (Lipinski definition) is 0. The van der Waals surface area contributed by atoms with E-state index in [0.717, 1.165) is 0 Å².